The van der Waals surface area contributed by atoms with E-state index in [0.29, 0.717) is 12.2 Å². The number of carbonyl (C=O) groups excluding carboxylic acids is 1. The lowest BCUT2D eigenvalue weighted by molar-refractivity contribution is 0.0928. The maximum atomic E-state index is 12.4. The first kappa shape index (κ1) is 20.0. The molecule has 1 amide bonds. The predicted molar refractivity (Wildman–Crippen MR) is 119 cm³/mol. The molecule has 0 saturated carbocycles. The predicted octanol–water partition coefficient (Wildman–Crippen LogP) is 2.24. The summed E-state index contributed by atoms with van der Waals surface area (Å²) in [6, 6.07) is 6.26. The highest BCUT2D eigenvalue weighted by atomic mass is 35.5. The lowest BCUT2D eigenvalue weighted by Gasteiger charge is -2.34. The van der Waals surface area contributed by atoms with E-state index in [9.17, 15) is 4.79 Å². The Bertz CT molecular complexity index is 1070. The van der Waals surface area contributed by atoms with Gasteiger partial charge in [-0.3, -0.25) is 4.79 Å². The average Bonchev–Trinajstić information content (AvgIpc) is 3.34. The minimum absolute atomic E-state index is 0.0148. The van der Waals surface area contributed by atoms with Crippen LogP contribution in [0.2, 0.25) is 5.28 Å². The van der Waals surface area contributed by atoms with Gasteiger partial charge < -0.3 is 24.8 Å². The van der Waals surface area contributed by atoms with Gasteiger partial charge in [-0.1, -0.05) is 0 Å². The van der Waals surface area contributed by atoms with Crippen molar-refractivity contribution in [1.29, 1.82) is 0 Å². The van der Waals surface area contributed by atoms with Crippen molar-refractivity contribution in [2.45, 2.75) is 18.9 Å². The summed E-state index contributed by atoms with van der Waals surface area (Å²) in [4.78, 5) is 32.7. The molecule has 0 radical (unpaired) electrons. The molecule has 0 bridgehead atoms. The maximum Gasteiger partial charge on any atom is 0.269 e. The molecule has 2 N–H and O–H groups in total. The summed E-state index contributed by atoms with van der Waals surface area (Å²) in [5.41, 5.74) is 2.39. The molecule has 2 saturated heterocycles. The molecular weight excluding hydrogens is 418 g/mol. The fourth-order valence-electron chi connectivity index (χ4n) is 4.26. The van der Waals surface area contributed by atoms with Gasteiger partial charge in [-0.25, -0.2) is 9.97 Å². The van der Waals surface area contributed by atoms with Crippen molar-refractivity contribution >= 4 is 39.9 Å². The van der Waals surface area contributed by atoms with Crippen LogP contribution in [0, 0.1) is 0 Å². The van der Waals surface area contributed by atoms with E-state index in [2.05, 4.69) is 53.3 Å². The third-order valence-corrected chi connectivity index (χ3v) is 5.98. The number of fused-ring (bicyclic) bond motifs is 1. The third kappa shape index (κ3) is 4.28. The first-order chi connectivity index (χ1) is 15.2. The Morgan fingerprint density at radius 1 is 1.19 bits per heavy atom. The molecule has 31 heavy (non-hydrogen) atoms. The number of hydrogen-bond donors (Lipinski definition) is 2. The fourth-order valence-corrected chi connectivity index (χ4v) is 4.43. The van der Waals surface area contributed by atoms with E-state index in [-0.39, 0.29) is 17.2 Å². The number of morpholine rings is 1. The van der Waals surface area contributed by atoms with Crippen molar-refractivity contribution in [3.05, 3.63) is 41.7 Å². The summed E-state index contributed by atoms with van der Waals surface area (Å²) in [5.74, 6) is 0.661. The van der Waals surface area contributed by atoms with Crippen molar-refractivity contribution < 1.29 is 9.53 Å². The molecule has 1 unspecified atom stereocenters. The van der Waals surface area contributed by atoms with E-state index < -0.39 is 0 Å². The lowest BCUT2D eigenvalue weighted by atomic mass is 10.0. The summed E-state index contributed by atoms with van der Waals surface area (Å²) >= 11 is 6.31. The minimum Gasteiger partial charge on any atom is -0.378 e. The van der Waals surface area contributed by atoms with Gasteiger partial charge in [0.2, 0.25) is 5.28 Å². The van der Waals surface area contributed by atoms with Gasteiger partial charge >= 0.3 is 0 Å². The molecule has 0 spiro atoms. The summed E-state index contributed by atoms with van der Waals surface area (Å²) in [5, 5.41) is 4.28. The molecule has 2 aliphatic rings. The summed E-state index contributed by atoms with van der Waals surface area (Å²) in [6.45, 7) is 4.69. The summed E-state index contributed by atoms with van der Waals surface area (Å²) in [7, 11) is 0. The average molecular weight is 442 g/mol. The van der Waals surface area contributed by atoms with Crippen LogP contribution >= 0.6 is 11.6 Å². The Balaban J connectivity index is 1.38. The molecule has 1 atom stereocenters. The van der Waals surface area contributed by atoms with Gasteiger partial charge in [0.25, 0.3) is 5.91 Å². The van der Waals surface area contributed by atoms with Crippen LogP contribution in [-0.2, 0) is 4.74 Å². The number of amides is 1. The van der Waals surface area contributed by atoms with Crippen molar-refractivity contribution in [3.8, 4) is 0 Å². The van der Waals surface area contributed by atoms with Crippen LogP contribution in [0.1, 0.15) is 23.3 Å². The molecule has 1 aromatic carbocycles. The quantitative estimate of drug-likeness (QED) is 0.599. The second-order valence-corrected chi connectivity index (χ2v) is 8.18. The number of H-pyrrole nitrogens is 1. The number of ether oxygens (including phenoxy) is 1. The standard InChI is InChI=1S/C21H24ClN7O2/c22-21-26-17-10-15(28-6-8-31-9-7-28)3-4-16(17)19(27-21)29-5-1-2-14(12-29)25-20(30)18-11-23-13-24-18/h3-4,10-11,13-14H,1-2,5-9,12H2,(H,23,24)(H,25,30). The van der Waals surface area contributed by atoms with Gasteiger partial charge in [0, 0.05) is 43.3 Å². The number of benzene rings is 1. The Hall–Kier alpha value is -2.91. The molecule has 2 aliphatic heterocycles. The molecular formula is C21H24ClN7O2. The normalized spacial score (nSPS) is 19.6. The van der Waals surface area contributed by atoms with E-state index in [1.165, 1.54) is 12.5 Å². The molecule has 4 heterocycles. The van der Waals surface area contributed by atoms with E-state index in [4.69, 9.17) is 16.3 Å². The van der Waals surface area contributed by atoms with Crippen molar-refractivity contribution in [3.63, 3.8) is 0 Å². The van der Waals surface area contributed by atoms with E-state index in [1.807, 2.05) is 0 Å². The van der Waals surface area contributed by atoms with Gasteiger partial charge in [0.1, 0.15) is 11.5 Å². The van der Waals surface area contributed by atoms with Crippen LogP contribution in [0.5, 0.6) is 0 Å². The van der Waals surface area contributed by atoms with E-state index in [0.717, 1.165) is 68.1 Å². The number of rotatable bonds is 4. The van der Waals surface area contributed by atoms with Gasteiger partial charge in [-0.05, 0) is 42.6 Å². The highest BCUT2D eigenvalue weighted by Gasteiger charge is 2.25. The second kappa shape index (κ2) is 8.68. The number of nitrogens with zero attached hydrogens (tertiary/aromatic N) is 5. The first-order valence-electron chi connectivity index (χ1n) is 10.5. The monoisotopic (exact) mass is 441 g/mol. The van der Waals surface area contributed by atoms with Crippen molar-refractivity contribution in [2.75, 3.05) is 49.2 Å². The SMILES string of the molecule is O=C(NC1CCCN(c2nc(Cl)nc3cc(N4CCOCC4)ccc23)C1)c1cnc[nH]1. The van der Waals surface area contributed by atoms with Gasteiger partial charge in [0.05, 0.1) is 31.3 Å². The smallest absolute Gasteiger partial charge is 0.269 e. The molecule has 2 fully saturated rings. The second-order valence-electron chi connectivity index (χ2n) is 7.84. The molecule has 2 aromatic heterocycles. The van der Waals surface area contributed by atoms with Crippen LogP contribution in [0.15, 0.2) is 30.7 Å². The number of anilines is 2. The highest BCUT2D eigenvalue weighted by Crippen LogP contribution is 2.31. The van der Waals surface area contributed by atoms with Gasteiger partial charge in [-0.15, -0.1) is 0 Å². The zero-order valence-electron chi connectivity index (χ0n) is 17.1. The van der Waals surface area contributed by atoms with Crippen LogP contribution in [0.25, 0.3) is 10.9 Å². The number of piperidine rings is 1. The molecule has 5 rings (SSSR count). The number of halogens is 1. The molecule has 3 aromatic rings. The Morgan fingerprint density at radius 3 is 2.87 bits per heavy atom. The molecule has 9 nitrogen and oxygen atoms in total. The van der Waals surface area contributed by atoms with E-state index >= 15 is 0 Å². The molecule has 10 heteroatoms. The zero-order valence-corrected chi connectivity index (χ0v) is 17.8. The number of aromatic nitrogens is 4. The number of carbonyl (C=O) groups is 1. The molecule has 0 aliphatic carbocycles. The first-order valence-corrected chi connectivity index (χ1v) is 10.9. The zero-order chi connectivity index (χ0) is 21.2. The largest absolute Gasteiger partial charge is 0.378 e. The topological polar surface area (TPSA) is 99.3 Å². The number of hydrogen-bond acceptors (Lipinski definition) is 7. The fraction of sp³-hybridized carbons (Fsp3) is 0.429. The minimum atomic E-state index is -0.148. The van der Waals surface area contributed by atoms with Crippen LogP contribution in [0.4, 0.5) is 11.5 Å². The van der Waals surface area contributed by atoms with Gasteiger partial charge in [0.15, 0.2) is 0 Å². The van der Waals surface area contributed by atoms with Crippen LogP contribution in [-0.4, -0.2) is 71.3 Å². The summed E-state index contributed by atoms with van der Waals surface area (Å²) < 4.78 is 5.46. The number of imidazole rings is 1. The van der Waals surface area contributed by atoms with Crippen molar-refractivity contribution in [1.82, 2.24) is 25.3 Å². The molecule has 162 valence electrons. The van der Waals surface area contributed by atoms with Gasteiger partial charge in [-0.2, -0.15) is 4.98 Å². The maximum absolute atomic E-state index is 12.4. The van der Waals surface area contributed by atoms with Crippen molar-refractivity contribution in [2.24, 2.45) is 0 Å². The Morgan fingerprint density at radius 2 is 2.06 bits per heavy atom. The lowest BCUT2D eigenvalue weighted by Crippen LogP contribution is -2.48. The Labute approximate surface area is 184 Å². The number of aromatic amines is 1. The third-order valence-electron chi connectivity index (χ3n) is 5.81. The van der Waals surface area contributed by atoms with Crippen LogP contribution < -0.4 is 15.1 Å². The number of nitrogens with one attached hydrogen (secondary N) is 2. The highest BCUT2D eigenvalue weighted by molar-refractivity contribution is 6.28. The Kier molecular flexibility index (Phi) is 5.61. The summed E-state index contributed by atoms with van der Waals surface area (Å²) in [6.07, 6.45) is 4.89. The van der Waals surface area contributed by atoms with E-state index in [1.54, 1.807) is 0 Å². The van der Waals surface area contributed by atoms with Crippen LogP contribution in [0.3, 0.4) is 0 Å².